The summed E-state index contributed by atoms with van der Waals surface area (Å²) in [5, 5.41) is 3.37. The summed E-state index contributed by atoms with van der Waals surface area (Å²) in [7, 11) is 0. The van der Waals surface area contributed by atoms with Crippen molar-refractivity contribution in [2.24, 2.45) is 0 Å². The molecule has 2 aliphatic heterocycles. The second-order valence-corrected chi connectivity index (χ2v) is 4.29. The van der Waals surface area contributed by atoms with E-state index in [0.717, 1.165) is 31.7 Å². The molecule has 78 valence electrons. The van der Waals surface area contributed by atoms with E-state index in [4.69, 9.17) is 4.74 Å². The minimum atomic E-state index is -0.0421. The van der Waals surface area contributed by atoms with Gasteiger partial charge in [-0.2, -0.15) is 0 Å². The lowest BCUT2D eigenvalue weighted by molar-refractivity contribution is 0.0823. The van der Waals surface area contributed by atoms with E-state index in [-0.39, 0.29) is 5.60 Å². The fourth-order valence-electron chi connectivity index (χ4n) is 2.32. The van der Waals surface area contributed by atoms with Crippen LogP contribution < -0.4 is 10.1 Å². The molecule has 15 heavy (non-hydrogen) atoms. The highest BCUT2D eigenvalue weighted by Crippen LogP contribution is 2.35. The second kappa shape index (κ2) is 3.38. The molecule has 0 aliphatic carbocycles. The number of fused-ring (bicyclic) bond motifs is 1. The van der Waals surface area contributed by atoms with Gasteiger partial charge in [-0.1, -0.05) is 24.3 Å². The fourth-order valence-corrected chi connectivity index (χ4v) is 2.32. The van der Waals surface area contributed by atoms with Gasteiger partial charge in [-0.15, -0.1) is 0 Å². The Balaban J connectivity index is 1.94. The number of para-hydroxylation sites is 1. The van der Waals surface area contributed by atoms with Crippen molar-refractivity contribution >= 4 is 6.08 Å². The number of hydrogen-bond donors (Lipinski definition) is 1. The van der Waals surface area contributed by atoms with Crippen LogP contribution in [-0.2, 0) is 0 Å². The minimum Gasteiger partial charge on any atom is -0.482 e. The van der Waals surface area contributed by atoms with E-state index in [1.165, 1.54) is 5.56 Å². The summed E-state index contributed by atoms with van der Waals surface area (Å²) in [4.78, 5) is 0. The molecule has 0 saturated carbocycles. The van der Waals surface area contributed by atoms with Crippen molar-refractivity contribution in [1.82, 2.24) is 5.32 Å². The molecule has 1 aromatic carbocycles. The van der Waals surface area contributed by atoms with Crippen LogP contribution in [0.5, 0.6) is 5.75 Å². The van der Waals surface area contributed by atoms with Gasteiger partial charge in [0.05, 0.1) is 0 Å². The molecule has 2 heteroatoms. The Hall–Kier alpha value is -1.28. The van der Waals surface area contributed by atoms with Crippen LogP contribution in [0.2, 0.25) is 0 Å². The van der Waals surface area contributed by atoms with Crippen LogP contribution >= 0.6 is 0 Å². The quantitative estimate of drug-likeness (QED) is 0.695. The van der Waals surface area contributed by atoms with Gasteiger partial charge in [-0.25, -0.2) is 0 Å². The number of nitrogens with one attached hydrogen (secondary N) is 1. The Kier molecular flexibility index (Phi) is 2.03. The first-order valence-corrected chi connectivity index (χ1v) is 5.56. The van der Waals surface area contributed by atoms with Crippen molar-refractivity contribution < 1.29 is 4.74 Å². The lowest BCUT2D eigenvalue weighted by Crippen LogP contribution is -2.45. The van der Waals surface area contributed by atoms with E-state index in [1.807, 2.05) is 12.1 Å². The summed E-state index contributed by atoms with van der Waals surface area (Å²) in [6.07, 6.45) is 6.57. The molecule has 0 aromatic heterocycles. The van der Waals surface area contributed by atoms with Crippen LogP contribution in [0.4, 0.5) is 0 Å². The van der Waals surface area contributed by atoms with E-state index in [9.17, 15) is 0 Å². The number of rotatable bonds is 0. The Morgan fingerprint density at radius 3 is 2.80 bits per heavy atom. The predicted molar refractivity (Wildman–Crippen MR) is 60.9 cm³/mol. The molecule has 1 saturated heterocycles. The summed E-state index contributed by atoms with van der Waals surface area (Å²) >= 11 is 0. The molecule has 1 N–H and O–H groups in total. The lowest BCUT2D eigenvalue weighted by Gasteiger charge is -2.38. The fraction of sp³-hybridized carbons (Fsp3) is 0.385. The molecule has 0 unspecified atom stereocenters. The Labute approximate surface area is 89.9 Å². The topological polar surface area (TPSA) is 21.3 Å². The normalized spacial score (nSPS) is 22.1. The largest absolute Gasteiger partial charge is 0.482 e. The molecule has 0 radical (unpaired) electrons. The molecular formula is C13H15NO. The molecule has 0 amide bonds. The van der Waals surface area contributed by atoms with Crippen molar-refractivity contribution in [3.8, 4) is 5.75 Å². The molecule has 1 spiro atoms. The number of ether oxygens (including phenoxy) is 1. The van der Waals surface area contributed by atoms with E-state index in [0.29, 0.717) is 0 Å². The highest BCUT2D eigenvalue weighted by molar-refractivity contribution is 5.60. The van der Waals surface area contributed by atoms with E-state index < -0.39 is 0 Å². The number of hydrogen-bond acceptors (Lipinski definition) is 2. The summed E-state index contributed by atoms with van der Waals surface area (Å²) in [6, 6.07) is 8.24. The first-order chi connectivity index (χ1) is 7.38. The highest BCUT2D eigenvalue weighted by Gasteiger charge is 2.33. The van der Waals surface area contributed by atoms with Gasteiger partial charge in [0.15, 0.2) is 0 Å². The molecule has 0 bridgehead atoms. The molecule has 1 aromatic rings. The van der Waals surface area contributed by atoms with Gasteiger partial charge in [-0.05, 0) is 25.2 Å². The van der Waals surface area contributed by atoms with E-state index in [1.54, 1.807) is 0 Å². The minimum absolute atomic E-state index is 0.0421. The van der Waals surface area contributed by atoms with Gasteiger partial charge in [-0.3, -0.25) is 0 Å². The van der Waals surface area contributed by atoms with Crippen molar-refractivity contribution in [3.05, 3.63) is 35.9 Å². The maximum absolute atomic E-state index is 6.13. The third kappa shape index (κ3) is 1.55. The molecule has 0 atom stereocenters. The first kappa shape index (κ1) is 8.98. The van der Waals surface area contributed by atoms with Crippen LogP contribution in [0.1, 0.15) is 18.4 Å². The summed E-state index contributed by atoms with van der Waals surface area (Å²) in [5.41, 5.74) is 1.15. The van der Waals surface area contributed by atoms with Crippen molar-refractivity contribution in [1.29, 1.82) is 0 Å². The van der Waals surface area contributed by atoms with Crippen LogP contribution in [0.15, 0.2) is 30.3 Å². The smallest absolute Gasteiger partial charge is 0.130 e. The maximum atomic E-state index is 6.13. The molecule has 2 nitrogen and oxygen atoms in total. The molecule has 2 aliphatic rings. The zero-order valence-electron chi connectivity index (χ0n) is 8.70. The lowest BCUT2D eigenvalue weighted by atomic mass is 9.89. The second-order valence-electron chi connectivity index (χ2n) is 4.29. The van der Waals surface area contributed by atoms with Gasteiger partial charge in [0, 0.05) is 18.4 Å². The van der Waals surface area contributed by atoms with Crippen LogP contribution in [-0.4, -0.2) is 18.7 Å². The average molecular weight is 201 g/mol. The van der Waals surface area contributed by atoms with Crippen LogP contribution in [0.25, 0.3) is 6.08 Å². The highest BCUT2D eigenvalue weighted by atomic mass is 16.5. The summed E-state index contributed by atoms with van der Waals surface area (Å²) < 4.78 is 6.13. The van der Waals surface area contributed by atoms with Crippen molar-refractivity contribution in [2.45, 2.75) is 18.4 Å². The third-order valence-corrected chi connectivity index (χ3v) is 3.25. The van der Waals surface area contributed by atoms with E-state index >= 15 is 0 Å². The van der Waals surface area contributed by atoms with Gasteiger partial charge in [0.1, 0.15) is 11.4 Å². The SMILES string of the molecule is C1=CC2(CCNCC2)Oc2ccccc21. The van der Waals surface area contributed by atoms with Crippen LogP contribution in [0, 0.1) is 0 Å². The molecule has 3 rings (SSSR count). The number of piperidine rings is 1. The van der Waals surface area contributed by atoms with E-state index in [2.05, 4.69) is 29.6 Å². The molecule has 1 fully saturated rings. The maximum Gasteiger partial charge on any atom is 0.130 e. The van der Waals surface area contributed by atoms with Gasteiger partial charge in [0.25, 0.3) is 0 Å². The van der Waals surface area contributed by atoms with Crippen molar-refractivity contribution in [3.63, 3.8) is 0 Å². The molecule has 2 heterocycles. The van der Waals surface area contributed by atoms with Crippen LogP contribution in [0.3, 0.4) is 0 Å². The van der Waals surface area contributed by atoms with Gasteiger partial charge >= 0.3 is 0 Å². The van der Waals surface area contributed by atoms with Gasteiger partial charge in [0.2, 0.25) is 0 Å². The Morgan fingerprint density at radius 2 is 1.93 bits per heavy atom. The first-order valence-electron chi connectivity index (χ1n) is 5.56. The van der Waals surface area contributed by atoms with Gasteiger partial charge < -0.3 is 10.1 Å². The third-order valence-electron chi connectivity index (χ3n) is 3.25. The van der Waals surface area contributed by atoms with Crippen molar-refractivity contribution in [2.75, 3.05) is 13.1 Å². The zero-order chi connectivity index (χ0) is 10.1. The zero-order valence-corrected chi connectivity index (χ0v) is 8.70. The Bertz CT molecular complexity index is 391. The monoisotopic (exact) mass is 201 g/mol. The molecular weight excluding hydrogens is 186 g/mol. The Morgan fingerprint density at radius 1 is 1.13 bits per heavy atom. The summed E-state index contributed by atoms with van der Waals surface area (Å²) in [6.45, 7) is 2.10. The number of benzene rings is 1. The standard InChI is InChI=1S/C13H15NO/c1-2-4-12-11(3-1)5-6-13(15-12)7-9-14-10-8-13/h1-6,14H,7-10H2. The average Bonchev–Trinajstić information content (AvgIpc) is 2.30. The summed E-state index contributed by atoms with van der Waals surface area (Å²) in [5.74, 6) is 1.03. The predicted octanol–water partition coefficient (Wildman–Crippen LogP) is 2.21.